The molecule has 1 heterocycles. The quantitative estimate of drug-likeness (QED) is 0.773. The van der Waals surface area contributed by atoms with Crippen molar-refractivity contribution in [1.29, 1.82) is 0 Å². The molecular formula is C12H15N3O2S. The number of carbonyl (C=O) groups is 2. The number of amides is 2. The summed E-state index contributed by atoms with van der Waals surface area (Å²) in [5.41, 5.74) is 12.3. The lowest BCUT2D eigenvalue weighted by molar-refractivity contribution is -0.127. The van der Waals surface area contributed by atoms with E-state index < -0.39 is 0 Å². The fourth-order valence-electron chi connectivity index (χ4n) is 1.73. The molecular weight excluding hydrogens is 250 g/mol. The van der Waals surface area contributed by atoms with Gasteiger partial charge in [0.25, 0.3) is 0 Å². The number of rotatable bonds is 2. The topological polar surface area (TPSA) is 89.4 Å². The molecule has 0 saturated carbocycles. The van der Waals surface area contributed by atoms with E-state index >= 15 is 0 Å². The van der Waals surface area contributed by atoms with Gasteiger partial charge >= 0.3 is 0 Å². The van der Waals surface area contributed by atoms with Gasteiger partial charge in [0.2, 0.25) is 11.8 Å². The van der Waals surface area contributed by atoms with Crippen LogP contribution in [-0.4, -0.2) is 24.1 Å². The van der Waals surface area contributed by atoms with Crippen molar-refractivity contribution < 1.29 is 9.59 Å². The van der Waals surface area contributed by atoms with Gasteiger partial charge in [-0.25, -0.2) is 4.90 Å². The van der Waals surface area contributed by atoms with Gasteiger partial charge in [-0.05, 0) is 18.2 Å². The summed E-state index contributed by atoms with van der Waals surface area (Å²) in [6.07, 6.45) is 0. The average molecular weight is 265 g/mol. The SMILES string of the molecule is CC(CN)C(=O)N1C(=O)CSc2ccc(N)cc21. The van der Waals surface area contributed by atoms with Crippen molar-refractivity contribution in [2.45, 2.75) is 11.8 Å². The molecule has 1 aromatic rings. The first kappa shape index (κ1) is 12.9. The Morgan fingerprint density at radius 1 is 1.56 bits per heavy atom. The second-order valence-corrected chi connectivity index (χ2v) is 5.24. The van der Waals surface area contributed by atoms with Gasteiger partial charge < -0.3 is 11.5 Å². The van der Waals surface area contributed by atoms with E-state index in [0.717, 1.165) is 4.90 Å². The molecule has 0 fully saturated rings. The smallest absolute Gasteiger partial charge is 0.244 e. The van der Waals surface area contributed by atoms with E-state index in [9.17, 15) is 9.59 Å². The molecule has 0 aliphatic carbocycles. The number of anilines is 2. The third-order valence-electron chi connectivity index (χ3n) is 2.82. The Balaban J connectivity index is 2.44. The lowest BCUT2D eigenvalue weighted by Gasteiger charge is -2.29. The Hall–Kier alpha value is -1.53. The van der Waals surface area contributed by atoms with Crippen LogP contribution in [0.4, 0.5) is 11.4 Å². The Morgan fingerprint density at radius 3 is 2.94 bits per heavy atom. The van der Waals surface area contributed by atoms with Gasteiger partial charge in [0.15, 0.2) is 0 Å². The van der Waals surface area contributed by atoms with Crippen LogP contribution in [-0.2, 0) is 9.59 Å². The van der Waals surface area contributed by atoms with Crippen LogP contribution in [0.5, 0.6) is 0 Å². The second-order valence-electron chi connectivity index (χ2n) is 4.22. The molecule has 6 heteroatoms. The van der Waals surface area contributed by atoms with Crippen LogP contribution in [0.1, 0.15) is 6.92 Å². The van der Waals surface area contributed by atoms with Crippen LogP contribution in [0.2, 0.25) is 0 Å². The standard InChI is InChI=1S/C12H15N3O2S/c1-7(5-13)12(17)15-9-4-8(14)2-3-10(9)18-6-11(15)16/h2-4,7H,5-6,13-14H2,1H3. The van der Waals surface area contributed by atoms with E-state index in [1.165, 1.54) is 16.7 Å². The number of nitrogens with two attached hydrogens (primary N) is 2. The summed E-state index contributed by atoms with van der Waals surface area (Å²) in [6, 6.07) is 5.24. The number of carbonyl (C=O) groups excluding carboxylic acids is 2. The van der Waals surface area contributed by atoms with Gasteiger partial charge in [-0.2, -0.15) is 0 Å². The molecule has 1 aromatic carbocycles. The number of hydrogen-bond donors (Lipinski definition) is 2. The maximum Gasteiger partial charge on any atom is 0.244 e. The molecule has 18 heavy (non-hydrogen) atoms. The van der Waals surface area contributed by atoms with E-state index in [-0.39, 0.29) is 30.0 Å². The van der Waals surface area contributed by atoms with Crippen molar-refractivity contribution in [3.63, 3.8) is 0 Å². The zero-order valence-corrected chi connectivity index (χ0v) is 10.9. The first-order chi connectivity index (χ1) is 8.54. The monoisotopic (exact) mass is 265 g/mol. The molecule has 0 bridgehead atoms. The zero-order chi connectivity index (χ0) is 13.3. The van der Waals surface area contributed by atoms with Crippen molar-refractivity contribution in [3.05, 3.63) is 18.2 Å². The lowest BCUT2D eigenvalue weighted by Crippen LogP contribution is -2.44. The summed E-state index contributed by atoms with van der Waals surface area (Å²) in [6.45, 7) is 1.93. The first-order valence-electron chi connectivity index (χ1n) is 5.63. The Morgan fingerprint density at radius 2 is 2.28 bits per heavy atom. The summed E-state index contributed by atoms with van der Waals surface area (Å²) in [5.74, 6) is -0.607. The summed E-state index contributed by atoms with van der Waals surface area (Å²) in [4.78, 5) is 26.2. The second kappa shape index (κ2) is 4.99. The maximum absolute atomic E-state index is 12.2. The molecule has 0 saturated heterocycles. The number of fused-ring (bicyclic) bond motifs is 1. The lowest BCUT2D eigenvalue weighted by atomic mass is 10.1. The maximum atomic E-state index is 12.2. The zero-order valence-electron chi connectivity index (χ0n) is 10.1. The first-order valence-corrected chi connectivity index (χ1v) is 6.62. The Labute approximate surface area is 110 Å². The number of thioether (sulfide) groups is 1. The molecule has 1 aliphatic rings. The Kier molecular flexibility index (Phi) is 3.58. The van der Waals surface area contributed by atoms with Crippen molar-refractivity contribution in [2.75, 3.05) is 22.9 Å². The molecule has 0 spiro atoms. The van der Waals surface area contributed by atoms with Gasteiger partial charge in [-0.3, -0.25) is 9.59 Å². The van der Waals surface area contributed by atoms with Gasteiger partial charge in [0, 0.05) is 23.0 Å². The predicted octanol–water partition coefficient (Wildman–Crippen LogP) is 0.829. The van der Waals surface area contributed by atoms with Crippen molar-refractivity contribution in [1.82, 2.24) is 0 Å². The van der Waals surface area contributed by atoms with E-state index in [1.54, 1.807) is 19.1 Å². The van der Waals surface area contributed by atoms with Gasteiger partial charge in [-0.15, -0.1) is 11.8 Å². The molecule has 1 aliphatic heterocycles. The molecule has 4 N–H and O–H groups in total. The molecule has 96 valence electrons. The summed E-state index contributed by atoms with van der Waals surface area (Å²) in [5, 5.41) is 0. The number of hydrogen-bond acceptors (Lipinski definition) is 5. The highest BCUT2D eigenvalue weighted by molar-refractivity contribution is 8.00. The predicted molar refractivity (Wildman–Crippen MR) is 72.3 cm³/mol. The summed E-state index contributed by atoms with van der Waals surface area (Å²) >= 11 is 1.42. The number of nitrogens with zero attached hydrogens (tertiary/aromatic N) is 1. The van der Waals surface area contributed by atoms with E-state index in [1.807, 2.05) is 6.07 Å². The van der Waals surface area contributed by atoms with Crippen LogP contribution >= 0.6 is 11.8 Å². The molecule has 1 unspecified atom stereocenters. The molecule has 0 aromatic heterocycles. The number of nitrogen functional groups attached to an aromatic ring is 1. The molecule has 1 atom stereocenters. The minimum Gasteiger partial charge on any atom is -0.399 e. The molecule has 2 rings (SSSR count). The normalized spacial score (nSPS) is 16.3. The van der Waals surface area contributed by atoms with Gasteiger partial charge in [0.1, 0.15) is 0 Å². The van der Waals surface area contributed by atoms with Crippen LogP contribution < -0.4 is 16.4 Å². The van der Waals surface area contributed by atoms with Crippen LogP contribution in [0.25, 0.3) is 0 Å². The minimum absolute atomic E-state index is 0.216. The fourth-order valence-corrected chi connectivity index (χ4v) is 2.60. The van der Waals surface area contributed by atoms with E-state index in [2.05, 4.69) is 0 Å². The average Bonchev–Trinajstić information content (AvgIpc) is 2.36. The van der Waals surface area contributed by atoms with Crippen molar-refractivity contribution >= 4 is 35.0 Å². The number of benzene rings is 1. The van der Waals surface area contributed by atoms with Crippen LogP contribution in [0.15, 0.2) is 23.1 Å². The third-order valence-corrected chi connectivity index (χ3v) is 3.87. The minimum atomic E-state index is -0.383. The fraction of sp³-hybridized carbons (Fsp3) is 0.333. The van der Waals surface area contributed by atoms with Crippen molar-refractivity contribution in [2.24, 2.45) is 11.7 Å². The van der Waals surface area contributed by atoms with Gasteiger partial charge in [-0.1, -0.05) is 6.92 Å². The molecule has 2 amide bonds. The summed E-state index contributed by atoms with van der Waals surface area (Å²) < 4.78 is 0. The highest BCUT2D eigenvalue weighted by Crippen LogP contribution is 2.37. The number of imide groups is 1. The van der Waals surface area contributed by atoms with E-state index in [0.29, 0.717) is 11.4 Å². The van der Waals surface area contributed by atoms with Crippen molar-refractivity contribution in [3.8, 4) is 0 Å². The highest BCUT2D eigenvalue weighted by Gasteiger charge is 2.32. The molecule has 5 nitrogen and oxygen atoms in total. The van der Waals surface area contributed by atoms with Crippen LogP contribution in [0, 0.1) is 5.92 Å². The summed E-state index contributed by atoms with van der Waals surface area (Å²) in [7, 11) is 0. The van der Waals surface area contributed by atoms with E-state index in [4.69, 9.17) is 11.5 Å². The Bertz CT molecular complexity index is 504. The van der Waals surface area contributed by atoms with Gasteiger partial charge in [0.05, 0.1) is 11.4 Å². The highest BCUT2D eigenvalue weighted by atomic mass is 32.2. The third kappa shape index (κ3) is 2.21. The largest absolute Gasteiger partial charge is 0.399 e. The van der Waals surface area contributed by atoms with Crippen LogP contribution in [0.3, 0.4) is 0 Å². The molecule has 0 radical (unpaired) electrons.